The number of carbonyl (C=O) groups is 2. The minimum atomic E-state index is -3.72. The number of nitrogens with zero attached hydrogens (tertiary/aromatic N) is 1. The number of ether oxygens (including phenoxy) is 2. The van der Waals surface area contributed by atoms with Gasteiger partial charge in [0.2, 0.25) is 10.0 Å². The number of rotatable bonds is 11. The number of thiophene rings is 1. The van der Waals surface area contributed by atoms with Gasteiger partial charge in [0.05, 0.1) is 18.6 Å². The Morgan fingerprint density at radius 3 is 2.43 bits per heavy atom. The molecule has 9 nitrogen and oxygen atoms in total. The van der Waals surface area contributed by atoms with Crippen molar-refractivity contribution in [1.29, 1.82) is 0 Å². The van der Waals surface area contributed by atoms with Crippen molar-refractivity contribution in [2.45, 2.75) is 69.7 Å². The first-order valence-corrected chi connectivity index (χ1v) is 17.7. The average Bonchev–Trinajstić information content (AvgIpc) is 3.36. The zero-order valence-electron chi connectivity index (χ0n) is 25.3. The van der Waals surface area contributed by atoms with E-state index in [1.165, 1.54) is 24.9 Å². The van der Waals surface area contributed by atoms with E-state index in [4.69, 9.17) is 9.47 Å². The Morgan fingerprint density at radius 2 is 1.73 bits per heavy atom. The third kappa shape index (κ3) is 7.62. The SMILES string of the molecule is COC(=O)c1sc(-c2cccc(N(C3CCNCC3)S(=O)(=O)Cc3ccccc3)c2)c(C)c1OCC(=O)NC1CCCCC1. The Bertz CT molecular complexity index is 1540. The van der Waals surface area contributed by atoms with Crippen LogP contribution in [0, 0.1) is 6.92 Å². The topological polar surface area (TPSA) is 114 Å². The zero-order valence-corrected chi connectivity index (χ0v) is 27.0. The van der Waals surface area contributed by atoms with E-state index in [-0.39, 0.29) is 35.2 Å². The van der Waals surface area contributed by atoms with Gasteiger partial charge >= 0.3 is 5.97 Å². The molecular weight excluding hydrogens is 599 g/mol. The predicted octanol–water partition coefficient (Wildman–Crippen LogP) is 5.43. The molecule has 44 heavy (non-hydrogen) atoms. The van der Waals surface area contributed by atoms with Crippen LogP contribution in [0.5, 0.6) is 5.75 Å². The smallest absolute Gasteiger partial charge is 0.351 e. The number of methoxy groups -OCH3 is 1. The van der Waals surface area contributed by atoms with Crippen molar-refractivity contribution in [3.8, 4) is 16.2 Å². The predicted molar refractivity (Wildman–Crippen MR) is 174 cm³/mol. The molecule has 1 saturated carbocycles. The third-order valence-electron chi connectivity index (χ3n) is 8.27. The van der Waals surface area contributed by atoms with Crippen molar-refractivity contribution in [1.82, 2.24) is 10.6 Å². The minimum absolute atomic E-state index is 0.104. The van der Waals surface area contributed by atoms with Gasteiger partial charge in [-0.2, -0.15) is 0 Å². The lowest BCUT2D eigenvalue weighted by Crippen LogP contribution is -2.46. The average molecular weight is 640 g/mol. The van der Waals surface area contributed by atoms with Crippen molar-refractivity contribution >= 4 is 38.9 Å². The van der Waals surface area contributed by atoms with Crippen molar-refractivity contribution in [3.63, 3.8) is 0 Å². The van der Waals surface area contributed by atoms with E-state index >= 15 is 0 Å². The van der Waals surface area contributed by atoms with Crippen LogP contribution in [0.3, 0.4) is 0 Å². The summed E-state index contributed by atoms with van der Waals surface area (Å²) >= 11 is 1.22. The van der Waals surface area contributed by atoms with Gasteiger partial charge in [-0.3, -0.25) is 9.10 Å². The zero-order chi connectivity index (χ0) is 31.1. The number of carbonyl (C=O) groups excluding carboxylic acids is 2. The highest BCUT2D eigenvalue weighted by atomic mass is 32.2. The molecule has 2 aromatic carbocycles. The molecule has 5 rings (SSSR count). The third-order valence-corrected chi connectivity index (χ3v) is 11.4. The number of benzene rings is 2. The molecule has 1 aliphatic carbocycles. The maximum Gasteiger partial charge on any atom is 0.351 e. The maximum atomic E-state index is 14.0. The van der Waals surface area contributed by atoms with E-state index in [2.05, 4.69) is 10.6 Å². The molecular formula is C33H41N3O6S2. The molecule has 2 aliphatic rings. The lowest BCUT2D eigenvalue weighted by molar-refractivity contribution is -0.124. The second kappa shape index (κ2) is 14.6. The van der Waals surface area contributed by atoms with Crippen molar-refractivity contribution in [2.24, 2.45) is 0 Å². The van der Waals surface area contributed by atoms with E-state index < -0.39 is 16.0 Å². The molecule has 0 atom stereocenters. The number of piperidine rings is 1. The van der Waals surface area contributed by atoms with Gasteiger partial charge in [0.25, 0.3) is 5.91 Å². The van der Waals surface area contributed by atoms with Crippen LogP contribution in [0.4, 0.5) is 5.69 Å². The molecule has 2 N–H and O–H groups in total. The Hall–Kier alpha value is -3.41. The first-order valence-electron chi connectivity index (χ1n) is 15.3. The minimum Gasteiger partial charge on any atom is -0.482 e. The molecule has 0 radical (unpaired) electrons. The van der Waals surface area contributed by atoms with Crippen LogP contribution in [0.15, 0.2) is 54.6 Å². The molecule has 11 heteroatoms. The number of amides is 1. The lowest BCUT2D eigenvalue weighted by Gasteiger charge is -2.35. The van der Waals surface area contributed by atoms with Crippen LogP contribution in [0.1, 0.15) is 65.7 Å². The molecule has 2 heterocycles. The summed E-state index contributed by atoms with van der Waals surface area (Å²) in [4.78, 5) is 26.5. The van der Waals surface area contributed by atoms with Gasteiger partial charge in [0.1, 0.15) is 5.75 Å². The van der Waals surface area contributed by atoms with Gasteiger partial charge in [-0.15, -0.1) is 11.3 Å². The van der Waals surface area contributed by atoms with Crippen LogP contribution in [-0.4, -0.2) is 59.2 Å². The summed E-state index contributed by atoms with van der Waals surface area (Å²) in [5, 5.41) is 6.38. The molecule has 236 valence electrons. The Morgan fingerprint density at radius 1 is 1.00 bits per heavy atom. The van der Waals surface area contributed by atoms with E-state index in [1.54, 1.807) is 4.31 Å². The molecule has 1 amide bonds. The molecule has 1 saturated heterocycles. The summed E-state index contributed by atoms with van der Waals surface area (Å²) in [5.41, 5.74) is 2.75. The Balaban J connectivity index is 1.45. The van der Waals surface area contributed by atoms with E-state index in [1.807, 2.05) is 61.5 Å². The fourth-order valence-electron chi connectivity index (χ4n) is 6.11. The molecule has 0 bridgehead atoms. The number of hydrogen-bond donors (Lipinski definition) is 2. The van der Waals surface area contributed by atoms with Gasteiger partial charge in [-0.1, -0.05) is 61.7 Å². The summed E-state index contributed by atoms with van der Waals surface area (Å²) in [6.07, 6.45) is 6.73. The second-order valence-corrected chi connectivity index (χ2v) is 14.3. The summed E-state index contributed by atoms with van der Waals surface area (Å²) < 4.78 is 40.6. The quantitative estimate of drug-likeness (QED) is 0.269. The van der Waals surface area contributed by atoms with E-state index in [9.17, 15) is 18.0 Å². The van der Waals surface area contributed by atoms with E-state index in [0.29, 0.717) is 29.8 Å². The van der Waals surface area contributed by atoms with Crippen LogP contribution >= 0.6 is 11.3 Å². The number of nitrogens with one attached hydrogen (secondary N) is 2. The van der Waals surface area contributed by atoms with Gasteiger partial charge < -0.3 is 20.1 Å². The summed E-state index contributed by atoms with van der Waals surface area (Å²) in [5.74, 6) is -0.561. The van der Waals surface area contributed by atoms with Crippen LogP contribution in [-0.2, 0) is 25.3 Å². The standard InChI is InChI=1S/C33H41N3O6S2/c1-23-30(42-21-29(37)35-26-13-7-4-8-14-26)32(33(38)41-2)43-31(23)25-12-9-15-28(20-25)36(27-16-18-34-19-17-27)44(39,40)22-24-10-5-3-6-11-24/h3,5-6,9-12,15,20,26-27,34H,4,7-8,13-14,16-19,21-22H2,1-2H3,(H,35,37). The molecule has 0 spiro atoms. The fraction of sp³-hybridized carbons (Fsp3) is 0.455. The highest BCUT2D eigenvalue weighted by Crippen LogP contribution is 2.43. The van der Waals surface area contributed by atoms with E-state index in [0.717, 1.165) is 54.8 Å². The lowest BCUT2D eigenvalue weighted by atomic mass is 9.95. The van der Waals surface area contributed by atoms with Gasteiger partial charge in [0.15, 0.2) is 11.5 Å². The Labute approximate surface area is 264 Å². The molecule has 0 unspecified atom stereocenters. The summed E-state index contributed by atoms with van der Waals surface area (Å²) in [7, 11) is -2.41. The van der Waals surface area contributed by atoms with Crippen molar-refractivity contribution < 1.29 is 27.5 Å². The molecule has 2 fully saturated rings. The number of esters is 1. The fourth-order valence-corrected chi connectivity index (χ4v) is 9.13. The largest absolute Gasteiger partial charge is 0.482 e. The molecule has 3 aromatic rings. The second-order valence-electron chi connectivity index (χ2n) is 11.5. The highest BCUT2D eigenvalue weighted by Gasteiger charge is 2.32. The van der Waals surface area contributed by atoms with Gasteiger partial charge in [0, 0.05) is 22.5 Å². The van der Waals surface area contributed by atoms with Crippen molar-refractivity contribution in [2.75, 3.05) is 31.1 Å². The van der Waals surface area contributed by atoms with Crippen molar-refractivity contribution in [3.05, 3.63) is 70.6 Å². The Kier molecular flexibility index (Phi) is 10.6. The maximum absolute atomic E-state index is 14.0. The summed E-state index contributed by atoms with van der Waals surface area (Å²) in [6.45, 7) is 3.11. The van der Waals surface area contributed by atoms with Crippen LogP contribution < -0.4 is 19.7 Å². The normalized spacial score (nSPS) is 16.3. The van der Waals surface area contributed by atoms with Gasteiger partial charge in [-0.25, -0.2) is 13.2 Å². The number of anilines is 1. The monoisotopic (exact) mass is 639 g/mol. The first-order chi connectivity index (χ1) is 21.3. The van der Waals surface area contributed by atoms with Crippen LogP contribution in [0.25, 0.3) is 10.4 Å². The number of hydrogen-bond acceptors (Lipinski definition) is 8. The molecule has 1 aromatic heterocycles. The highest BCUT2D eigenvalue weighted by molar-refractivity contribution is 7.92. The van der Waals surface area contributed by atoms with Crippen LogP contribution in [0.2, 0.25) is 0 Å². The summed E-state index contributed by atoms with van der Waals surface area (Å²) in [6, 6.07) is 16.6. The van der Waals surface area contributed by atoms with Gasteiger partial charge in [-0.05, 0) is 69.0 Å². The number of sulfonamides is 1. The molecule has 1 aliphatic heterocycles. The first kappa shape index (κ1) is 32.0.